The van der Waals surface area contributed by atoms with Gasteiger partial charge in [-0.2, -0.15) is 4.98 Å². The second-order valence-electron chi connectivity index (χ2n) is 8.99. The molecule has 1 aliphatic carbocycles. The molecule has 36 heavy (non-hydrogen) atoms. The molecule has 190 valence electrons. The Hall–Kier alpha value is -3.14. The van der Waals surface area contributed by atoms with Crippen LogP contribution in [0, 0.1) is 5.92 Å². The number of hydrogen-bond donors (Lipinski definition) is 3. The quantitative estimate of drug-likeness (QED) is 0.317. The van der Waals surface area contributed by atoms with Crippen molar-refractivity contribution in [2.24, 2.45) is 5.92 Å². The Morgan fingerprint density at radius 3 is 2.42 bits per heavy atom. The minimum Gasteiger partial charge on any atom is -0.494 e. The van der Waals surface area contributed by atoms with Crippen LogP contribution in [0.25, 0.3) is 21.7 Å². The fraction of sp³-hybridized carbons (Fsp3) is 0.308. The predicted octanol–water partition coefficient (Wildman–Crippen LogP) is 4.74. The van der Waals surface area contributed by atoms with E-state index in [4.69, 9.17) is 10.5 Å². The summed E-state index contributed by atoms with van der Waals surface area (Å²) < 4.78 is 34.6. The Balaban J connectivity index is 0.00000304. The highest BCUT2D eigenvalue weighted by molar-refractivity contribution is 7.89. The number of nitrogen functional groups attached to an aromatic ring is 1. The molecule has 1 saturated carbocycles. The van der Waals surface area contributed by atoms with Gasteiger partial charge < -0.3 is 15.8 Å². The van der Waals surface area contributed by atoms with Crippen molar-refractivity contribution in [3.63, 3.8) is 0 Å². The van der Waals surface area contributed by atoms with Crippen LogP contribution in [0.4, 0.5) is 11.8 Å². The van der Waals surface area contributed by atoms with Gasteiger partial charge in [0.25, 0.3) is 0 Å². The van der Waals surface area contributed by atoms with Crippen LogP contribution in [-0.4, -0.2) is 38.1 Å². The van der Waals surface area contributed by atoms with Gasteiger partial charge in [-0.3, -0.25) is 0 Å². The van der Waals surface area contributed by atoms with Crippen LogP contribution in [0.5, 0.6) is 5.75 Å². The molecule has 1 fully saturated rings. The van der Waals surface area contributed by atoms with Gasteiger partial charge in [-0.05, 0) is 55.2 Å². The summed E-state index contributed by atoms with van der Waals surface area (Å²) >= 11 is 0. The third kappa shape index (κ3) is 5.33. The van der Waals surface area contributed by atoms with Crippen LogP contribution >= 0.6 is 12.4 Å². The molecule has 5 rings (SSSR count). The maximum Gasteiger partial charge on any atom is 0.241 e. The van der Waals surface area contributed by atoms with E-state index in [9.17, 15) is 8.42 Å². The highest BCUT2D eigenvalue weighted by atomic mass is 35.5. The summed E-state index contributed by atoms with van der Waals surface area (Å²) in [6.07, 6.45) is 3.37. The van der Waals surface area contributed by atoms with E-state index in [2.05, 4.69) is 20.0 Å². The second-order valence-corrected chi connectivity index (χ2v) is 10.7. The number of hydrogen-bond acceptors (Lipinski definition) is 7. The van der Waals surface area contributed by atoms with Gasteiger partial charge in [0.2, 0.25) is 16.0 Å². The summed E-state index contributed by atoms with van der Waals surface area (Å²) in [6, 6.07) is 18.4. The number of sulfonamides is 1. The number of nitrogens with zero attached hydrogens (tertiary/aromatic N) is 2. The number of nitrogens with two attached hydrogens (primary N) is 1. The molecule has 1 aliphatic rings. The van der Waals surface area contributed by atoms with Crippen LogP contribution < -0.4 is 20.5 Å². The second kappa shape index (κ2) is 10.9. The van der Waals surface area contributed by atoms with Crippen LogP contribution in [0.1, 0.15) is 25.7 Å². The van der Waals surface area contributed by atoms with Crippen LogP contribution in [0.15, 0.2) is 65.6 Å². The molecule has 1 heterocycles. The van der Waals surface area contributed by atoms with Gasteiger partial charge >= 0.3 is 0 Å². The third-order valence-electron chi connectivity index (χ3n) is 6.70. The number of ether oxygens (including phenoxy) is 1. The monoisotopic (exact) mass is 527 g/mol. The molecule has 0 spiro atoms. The van der Waals surface area contributed by atoms with Crippen molar-refractivity contribution in [2.45, 2.75) is 36.6 Å². The zero-order chi connectivity index (χ0) is 24.4. The van der Waals surface area contributed by atoms with Crippen molar-refractivity contribution in [2.75, 3.05) is 24.7 Å². The van der Waals surface area contributed by atoms with E-state index in [1.807, 2.05) is 48.5 Å². The zero-order valence-electron chi connectivity index (χ0n) is 20.0. The Labute approximate surface area is 217 Å². The first-order chi connectivity index (χ1) is 16.9. The molecule has 3 aromatic carbocycles. The van der Waals surface area contributed by atoms with E-state index in [-0.39, 0.29) is 18.4 Å². The number of halogens is 1. The highest BCUT2D eigenvalue weighted by Gasteiger charge is 2.27. The van der Waals surface area contributed by atoms with Crippen LogP contribution in [-0.2, 0) is 10.0 Å². The van der Waals surface area contributed by atoms with E-state index in [1.54, 1.807) is 19.2 Å². The first-order valence-corrected chi connectivity index (χ1v) is 13.3. The summed E-state index contributed by atoms with van der Waals surface area (Å²) in [5.41, 5.74) is 6.81. The molecule has 0 saturated heterocycles. The fourth-order valence-corrected chi connectivity index (χ4v) is 6.36. The standard InChI is InChI=1S/C26H29N5O3S.ClH/c1-34-22-10-5-9-21-24(22)29-26(30-25(21)27)28-16-17-12-14-19(15-13-17)31-35(32,33)23-11-4-7-18-6-2-3-8-20(18)23;/h2-11,17,19,31H,12-16H2,1H3,(H3,27,28,29,30);1H. The number of rotatable bonds is 7. The largest absolute Gasteiger partial charge is 0.494 e. The summed E-state index contributed by atoms with van der Waals surface area (Å²) in [7, 11) is -2.00. The number of methoxy groups -OCH3 is 1. The molecule has 0 unspecified atom stereocenters. The molecule has 0 radical (unpaired) electrons. The number of nitrogens with one attached hydrogen (secondary N) is 2. The lowest BCUT2D eigenvalue weighted by Gasteiger charge is -2.29. The lowest BCUT2D eigenvalue weighted by atomic mass is 9.86. The van der Waals surface area contributed by atoms with E-state index < -0.39 is 10.0 Å². The van der Waals surface area contributed by atoms with Gasteiger partial charge in [0.1, 0.15) is 17.1 Å². The molecule has 0 aliphatic heterocycles. The van der Waals surface area contributed by atoms with Gasteiger partial charge in [0.15, 0.2) is 0 Å². The molecule has 0 amide bonds. The molecular weight excluding hydrogens is 498 g/mol. The number of aromatic nitrogens is 2. The fourth-order valence-electron chi connectivity index (χ4n) is 4.83. The molecule has 4 aromatic rings. The molecule has 0 atom stereocenters. The van der Waals surface area contributed by atoms with Gasteiger partial charge in [-0.1, -0.05) is 42.5 Å². The molecule has 8 nitrogen and oxygen atoms in total. The minimum absolute atomic E-state index is 0. The lowest BCUT2D eigenvalue weighted by molar-refractivity contribution is 0.324. The summed E-state index contributed by atoms with van der Waals surface area (Å²) in [6.45, 7) is 0.697. The predicted molar refractivity (Wildman–Crippen MR) is 146 cm³/mol. The number of anilines is 2. The van der Waals surface area contributed by atoms with Gasteiger partial charge in [0.05, 0.1) is 12.0 Å². The van der Waals surface area contributed by atoms with Crippen molar-refractivity contribution in [1.82, 2.24) is 14.7 Å². The topological polar surface area (TPSA) is 119 Å². The zero-order valence-corrected chi connectivity index (χ0v) is 21.6. The Kier molecular flexibility index (Phi) is 7.82. The van der Waals surface area contributed by atoms with E-state index in [1.165, 1.54) is 0 Å². The van der Waals surface area contributed by atoms with Crippen molar-refractivity contribution in [3.8, 4) is 5.75 Å². The first-order valence-electron chi connectivity index (χ1n) is 11.8. The van der Waals surface area contributed by atoms with E-state index in [0.717, 1.165) is 41.8 Å². The summed E-state index contributed by atoms with van der Waals surface area (Å²) in [4.78, 5) is 9.32. The van der Waals surface area contributed by atoms with Gasteiger partial charge in [-0.15, -0.1) is 12.4 Å². The maximum absolute atomic E-state index is 13.1. The van der Waals surface area contributed by atoms with E-state index in [0.29, 0.717) is 40.4 Å². The third-order valence-corrected chi connectivity index (χ3v) is 8.27. The molecule has 4 N–H and O–H groups in total. The summed E-state index contributed by atoms with van der Waals surface area (Å²) in [5.74, 6) is 1.92. The lowest BCUT2D eigenvalue weighted by Crippen LogP contribution is -2.38. The Morgan fingerprint density at radius 1 is 0.944 bits per heavy atom. The van der Waals surface area contributed by atoms with Crippen LogP contribution in [0.3, 0.4) is 0 Å². The minimum atomic E-state index is -3.60. The van der Waals surface area contributed by atoms with Crippen molar-refractivity contribution >= 4 is 55.9 Å². The normalized spacial score (nSPS) is 18.0. The van der Waals surface area contributed by atoms with Crippen LogP contribution in [0.2, 0.25) is 0 Å². The first kappa shape index (κ1) is 25.9. The highest BCUT2D eigenvalue weighted by Crippen LogP contribution is 2.30. The van der Waals surface area contributed by atoms with Crippen molar-refractivity contribution in [3.05, 3.63) is 60.7 Å². The van der Waals surface area contributed by atoms with Gasteiger partial charge in [0, 0.05) is 23.4 Å². The maximum atomic E-state index is 13.1. The molecule has 0 bridgehead atoms. The van der Waals surface area contributed by atoms with Crippen molar-refractivity contribution < 1.29 is 13.2 Å². The smallest absolute Gasteiger partial charge is 0.241 e. The molecule has 10 heteroatoms. The molecule has 1 aromatic heterocycles. The average Bonchev–Trinajstić information content (AvgIpc) is 2.87. The number of para-hydroxylation sites is 1. The summed E-state index contributed by atoms with van der Waals surface area (Å²) in [5, 5.41) is 5.73. The number of fused-ring (bicyclic) bond motifs is 2. The Bertz CT molecular complexity index is 1470. The SMILES string of the molecule is COc1cccc2c(N)nc(NCC3CCC(NS(=O)(=O)c4cccc5ccccc45)CC3)nc12.Cl. The number of benzene rings is 3. The Morgan fingerprint density at radius 2 is 1.64 bits per heavy atom. The average molecular weight is 528 g/mol. The van der Waals surface area contributed by atoms with Gasteiger partial charge in [-0.25, -0.2) is 18.1 Å². The molecular formula is C26H30ClN5O3S. The van der Waals surface area contributed by atoms with E-state index >= 15 is 0 Å². The van der Waals surface area contributed by atoms with Crippen molar-refractivity contribution in [1.29, 1.82) is 0 Å².